The van der Waals surface area contributed by atoms with Gasteiger partial charge in [0, 0.05) is 38.8 Å². The Bertz CT molecular complexity index is 2940. The molecular formula is C38H10F15N4O-. The molecule has 0 atom stereocenters. The summed E-state index contributed by atoms with van der Waals surface area (Å²) in [5, 5.41) is 13.6. The molecule has 0 spiro atoms. The van der Waals surface area contributed by atoms with E-state index in [1.54, 1.807) is 0 Å². The van der Waals surface area contributed by atoms with Gasteiger partial charge in [-0.1, -0.05) is 5.75 Å². The van der Waals surface area contributed by atoms with Gasteiger partial charge < -0.3 is 15.1 Å². The van der Waals surface area contributed by atoms with Gasteiger partial charge in [-0.2, -0.15) is 0 Å². The van der Waals surface area contributed by atoms with Crippen LogP contribution in [-0.4, -0.2) is 19.9 Å². The first kappa shape index (κ1) is 37.9. The van der Waals surface area contributed by atoms with Crippen molar-refractivity contribution in [1.82, 2.24) is 19.9 Å². The molecule has 0 unspecified atom stereocenters. The fourth-order valence-electron chi connectivity index (χ4n) is 6.44. The summed E-state index contributed by atoms with van der Waals surface area (Å²) >= 11 is 0. The van der Waals surface area contributed by atoms with Crippen LogP contribution in [0.2, 0.25) is 0 Å². The summed E-state index contributed by atoms with van der Waals surface area (Å²) in [6.07, 6.45) is 3.24. The highest BCUT2D eigenvalue weighted by Crippen LogP contribution is 2.43. The molecule has 2 N–H and O–H groups in total. The highest BCUT2D eigenvalue weighted by atomic mass is 19.2. The normalized spacial score (nSPS) is 12.3. The van der Waals surface area contributed by atoms with Crippen LogP contribution in [0.5, 0.6) is 5.75 Å². The summed E-state index contributed by atoms with van der Waals surface area (Å²) in [5.74, 6) is -38.4. The monoisotopic (exact) mass is 823 g/mol. The maximum Gasteiger partial charge on any atom is 0.200 e. The molecule has 5 nitrogen and oxygen atoms in total. The Morgan fingerprint density at radius 3 is 0.828 bits per heavy atom. The summed E-state index contributed by atoms with van der Waals surface area (Å²) in [4.78, 5) is 12.7. The highest BCUT2D eigenvalue weighted by Gasteiger charge is 2.33. The van der Waals surface area contributed by atoms with Crippen LogP contribution in [0.4, 0.5) is 65.9 Å². The molecule has 0 saturated carbocycles. The van der Waals surface area contributed by atoms with Crippen LogP contribution in [0, 0.1) is 87.3 Å². The highest BCUT2D eigenvalue weighted by molar-refractivity contribution is 5.98. The van der Waals surface area contributed by atoms with Gasteiger partial charge >= 0.3 is 0 Å². The lowest BCUT2D eigenvalue weighted by molar-refractivity contribution is -0.266. The van der Waals surface area contributed by atoms with E-state index < -0.39 is 171 Å². The first-order valence-corrected chi connectivity index (χ1v) is 15.8. The maximum absolute atomic E-state index is 15.6. The molecule has 0 aliphatic carbocycles. The number of H-pyrrole nitrogens is 2. The molecule has 3 aromatic heterocycles. The van der Waals surface area contributed by atoms with Gasteiger partial charge in [0.1, 0.15) is 0 Å². The van der Waals surface area contributed by atoms with Gasteiger partial charge in [0.15, 0.2) is 69.8 Å². The molecule has 2 aliphatic heterocycles. The molecule has 0 saturated heterocycles. The zero-order chi connectivity index (χ0) is 41.8. The van der Waals surface area contributed by atoms with Crippen molar-refractivity contribution in [1.29, 1.82) is 0 Å². The number of hydrogen-bond donors (Lipinski definition) is 2. The van der Waals surface area contributed by atoms with E-state index in [1.165, 1.54) is 0 Å². The van der Waals surface area contributed by atoms with Crippen molar-refractivity contribution in [2.75, 3.05) is 0 Å². The molecule has 3 aromatic carbocycles. The number of hydrogen-bond acceptors (Lipinski definition) is 3. The van der Waals surface area contributed by atoms with Gasteiger partial charge in [0.2, 0.25) is 17.5 Å². The van der Waals surface area contributed by atoms with E-state index in [-0.39, 0.29) is 0 Å². The zero-order valence-corrected chi connectivity index (χ0v) is 27.6. The summed E-state index contributed by atoms with van der Waals surface area (Å²) in [5.41, 5.74) is -13.9. The Balaban J connectivity index is 1.64. The van der Waals surface area contributed by atoms with E-state index in [4.69, 9.17) is 0 Å². The fraction of sp³-hybridized carbons (Fsp3) is 0. The molecule has 8 rings (SSSR count). The van der Waals surface area contributed by atoms with Crippen LogP contribution in [0.15, 0.2) is 24.3 Å². The van der Waals surface area contributed by atoms with Crippen molar-refractivity contribution in [3.63, 3.8) is 0 Å². The van der Waals surface area contributed by atoms with Crippen LogP contribution < -0.4 is 5.11 Å². The van der Waals surface area contributed by atoms with Crippen LogP contribution in [0.3, 0.4) is 0 Å². The van der Waals surface area contributed by atoms with E-state index in [0.29, 0.717) is 0 Å². The zero-order valence-electron chi connectivity index (χ0n) is 27.6. The largest absolute Gasteiger partial charge is 0.870 e. The standard InChI is InChI=1S/C38H11F15N4O/c39-23-20(24(40)30(46)35(51)29(23)45)17-9-1-3-11(54-9)18(21-25(41)31(47)36(52)32(48)26(21)42)13-5-7-15(56-13)38(58)16-8-6-14(57-16)19(12-4-2-10(17)55-12)22-27(43)33(49)37(53)34(50)28(22)44/h1-8,54,57-58H/p-1. The van der Waals surface area contributed by atoms with E-state index >= 15 is 26.3 Å². The first-order chi connectivity index (χ1) is 27.4. The van der Waals surface area contributed by atoms with Crippen molar-refractivity contribution in [2.45, 2.75) is 0 Å². The summed E-state index contributed by atoms with van der Waals surface area (Å²) in [6.45, 7) is 0. The lowest BCUT2D eigenvalue weighted by atomic mass is 10.0. The molecule has 20 heteroatoms. The number of rotatable bonds is 3. The minimum Gasteiger partial charge on any atom is -0.870 e. The van der Waals surface area contributed by atoms with Crippen LogP contribution in [0.25, 0.3) is 79.8 Å². The lowest BCUT2D eigenvalue weighted by Gasteiger charge is -2.11. The maximum atomic E-state index is 15.6. The van der Waals surface area contributed by atoms with Crippen molar-refractivity contribution < 1.29 is 71.0 Å². The quantitative estimate of drug-likeness (QED) is 0.106. The SMILES string of the molecule is [O-]c1c2nc(c(-c3c(F)c(F)c(F)c(F)c3F)c3ccc([nH]3)c(-c3c(F)c(F)c(F)c(F)c3F)c3nc(c(-c4c(F)c(F)c(F)c(F)c4F)c4ccc1[nH]4)C=C3)C=C2. The van der Waals surface area contributed by atoms with Gasteiger partial charge in [-0.05, 0) is 48.6 Å². The molecule has 0 amide bonds. The Hall–Kier alpha value is -6.99. The Morgan fingerprint density at radius 2 is 0.517 bits per heavy atom. The Labute approximate surface area is 310 Å². The minimum absolute atomic E-state index is 0.548. The lowest BCUT2D eigenvalue weighted by Crippen LogP contribution is -2.06. The van der Waals surface area contributed by atoms with Gasteiger partial charge in [-0.3, -0.25) is 0 Å². The predicted molar refractivity (Wildman–Crippen MR) is 174 cm³/mol. The molecule has 58 heavy (non-hydrogen) atoms. The van der Waals surface area contributed by atoms with Crippen molar-refractivity contribution in [2.24, 2.45) is 0 Å². The molecule has 2 aliphatic rings. The molecule has 0 fully saturated rings. The minimum atomic E-state index is -2.63. The second-order valence-corrected chi connectivity index (χ2v) is 12.3. The molecule has 294 valence electrons. The average Bonchev–Trinajstić information content (AvgIpc) is 4.06. The number of fused-ring (bicyclic) bond motifs is 8. The third-order valence-corrected chi connectivity index (χ3v) is 9.09. The Kier molecular flexibility index (Phi) is 8.70. The van der Waals surface area contributed by atoms with E-state index in [0.717, 1.165) is 48.6 Å². The first-order valence-electron chi connectivity index (χ1n) is 15.8. The second kappa shape index (κ2) is 13.3. The van der Waals surface area contributed by atoms with Crippen molar-refractivity contribution in [3.05, 3.63) is 134 Å². The number of aromatic amines is 2. The van der Waals surface area contributed by atoms with Crippen LogP contribution in [-0.2, 0) is 0 Å². The predicted octanol–water partition coefficient (Wildman–Crippen LogP) is 10.8. The summed E-state index contributed by atoms with van der Waals surface area (Å²) < 4.78 is 223. The molecule has 5 heterocycles. The summed E-state index contributed by atoms with van der Waals surface area (Å²) in [7, 11) is 0. The number of halogens is 15. The molecule has 6 aromatic rings. The molecular weight excluding hydrogens is 813 g/mol. The van der Waals surface area contributed by atoms with Crippen LogP contribution >= 0.6 is 0 Å². The van der Waals surface area contributed by atoms with E-state index in [2.05, 4.69) is 19.9 Å². The average molecular weight is 823 g/mol. The smallest absolute Gasteiger partial charge is 0.200 e. The van der Waals surface area contributed by atoms with Crippen LogP contribution in [0.1, 0.15) is 22.8 Å². The van der Waals surface area contributed by atoms with Gasteiger partial charge in [-0.25, -0.2) is 75.8 Å². The van der Waals surface area contributed by atoms with Crippen molar-refractivity contribution in [3.8, 4) is 39.1 Å². The second-order valence-electron chi connectivity index (χ2n) is 12.3. The topological polar surface area (TPSA) is 80.4 Å². The number of benzene rings is 3. The molecule has 8 bridgehead atoms. The third-order valence-electron chi connectivity index (χ3n) is 9.09. The van der Waals surface area contributed by atoms with Gasteiger partial charge in [0.25, 0.3) is 0 Å². The summed E-state index contributed by atoms with van der Waals surface area (Å²) in [6, 6.07) is 3.35. The van der Waals surface area contributed by atoms with E-state index in [9.17, 15) is 44.6 Å². The number of nitrogens with zero attached hydrogens (tertiary/aromatic N) is 2. The van der Waals surface area contributed by atoms with Gasteiger partial charge in [-0.15, -0.1) is 0 Å². The fourth-order valence-corrected chi connectivity index (χ4v) is 6.44. The number of aromatic nitrogens is 4. The van der Waals surface area contributed by atoms with Crippen molar-refractivity contribution >= 4 is 46.4 Å². The number of nitrogens with one attached hydrogen (secondary N) is 2. The third kappa shape index (κ3) is 5.37. The molecule has 0 radical (unpaired) electrons. The van der Waals surface area contributed by atoms with E-state index in [1.807, 2.05) is 0 Å². The van der Waals surface area contributed by atoms with Gasteiger partial charge in [0.05, 0.1) is 39.5 Å². The Morgan fingerprint density at radius 1 is 0.293 bits per heavy atom.